The molecule has 0 aromatic heterocycles. The fraction of sp³-hybridized carbons (Fsp3) is 1.00. The van der Waals surface area contributed by atoms with E-state index in [0.717, 1.165) is 19.3 Å². The van der Waals surface area contributed by atoms with Gasteiger partial charge in [-0.3, -0.25) is 0 Å². The van der Waals surface area contributed by atoms with Crippen molar-refractivity contribution in [2.24, 2.45) is 11.7 Å². The van der Waals surface area contributed by atoms with Crippen molar-refractivity contribution in [3.8, 4) is 0 Å². The van der Waals surface area contributed by atoms with E-state index >= 15 is 0 Å². The molecule has 1 fully saturated rings. The second-order valence-corrected chi connectivity index (χ2v) is 3.64. The Balaban J connectivity index is 2.51. The van der Waals surface area contributed by atoms with Crippen molar-refractivity contribution in [3.05, 3.63) is 0 Å². The molecule has 2 unspecified atom stereocenters. The molecule has 0 radical (unpaired) electrons. The van der Waals surface area contributed by atoms with Crippen molar-refractivity contribution < 1.29 is 5.11 Å². The molecule has 11 heavy (non-hydrogen) atoms. The van der Waals surface area contributed by atoms with Crippen molar-refractivity contribution >= 4 is 0 Å². The molecule has 2 atom stereocenters. The van der Waals surface area contributed by atoms with Gasteiger partial charge in [-0.1, -0.05) is 19.8 Å². The van der Waals surface area contributed by atoms with Crippen LogP contribution in [-0.4, -0.2) is 17.3 Å². The second kappa shape index (κ2) is 3.55. The van der Waals surface area contributed by atoms with Gasteiger partial charge in [0.1, 0.15) is 0 Å². The fourth-order valence-electron chi connectivity index (χ4n) is 2.29. The third-order valence-corrected chi connectivity index (χ3v) is 2.99. The molecule has 0 aliphatic heterocycles. The Bertz CT molecular complexity index is 127. The summed E-state index contributed by atoms with van der Waals surface area (Å²) in [6.07, 6.45) is 5.20. The molecule has 0 bridgehead atoms. The number of aliphatic hydroxyl groups is 1. The molecule has 0 saturated heterocycles. The van der Waals surface area contributed by atoms with Crippen LogP contribution in [0.1, 0.15) is 39.0 Å². The first kappa shape index (κ1) is 9.01. The van der Waals surface area contributed by atoms with Gasteiger partial charge in [0.2, 0.25) is 0 Å². The Morgan fingerprint density at radius 2 is 2.36 bits per heavy atom. The van der Waals surface area contributed by atoms with Crippen LogP contribution in [0.5, 0.6) is 0 Å². The fourth-order valence-corrected chi connectivity index (χ4v) is 2.29. The summed E-state index contributed by atoms with van der Waals surface area (Å²) in [4.78, 5) is 0. The van der Waals surface area contributed by atoms with E-state index in [0.29, 0.717) is 12.5 Å². The summed E-state index contributed by atoms with van der Waals surface area (Å²) in [7, 11) is 0. The maximum absolute atomic E-state index is 10.1. The maximum atomic E-state index is 10.1. The lowest BCUT2D eigenvalue weighted by atomic mass is 9.86. The largest absolute Gasteiger partial charge is 0.390 e. The van der Waals surface area contributed by atoms with Crippen molar-refractivity contribution in [1.82, 2.24) is 0 Å². The van der Waals surface area contributed by atoms with Crippen LogP contribution in [0.15, 0.2) is 0 Å². The molecule has 66 valence electrons. The quantitative estimate of drug-likeness (QED) is 0.648. The van der Waals surface area contributed by atoms with Crippen LogP contribution in [0.2, 0.25) is 0 Å². The zero-order valence-electron chi connectivity index (χ0n) is 7.34. The summed E-state index contributed by atoms with van der Waals surface area (Å²) in [6.45, 7) is 2.77. The molecule has 2 nitrogen and oxygen atoms in total. The molecular formula is C9H19NO. The summed E-state index contributed by atoms with van der Waals surface area (Å²) in [5.74, 6) is 0.506. The van der Waals surface area contributed by atoms with E-state index in [-0.39, 0.29) is 0 Å². The molecule has 1 aliphatic carbocycles. The molecule has 0 spiro atoms. The van der Waals surface area contributed by atoms with Crippen molar-refractivity contribution in [2.75, 3.05) is 6.54 Å². The average molecular weight is 157 g/mol. The molecule has 0 heterocycles. The molecule has 1 rings (SSSR count). The zero-order valence-corrected chi connectivity index (χ0v) is 7.34. The van der Waals surface area contributed by atoms with E-state index in [9.17, 15) is 5.11 Å². The Hall–Kier alpha value is -0.0800. The normalized spacial score (nSPS) is 37.9. The standard InChI is InChI=1S/C9H19NO/c1-2-8-4-3-5-9(8,11)6-7-10/h8,11H,2-7,10H2,1H3. The van der Waals surface area contributed by atoms with E-state index in [4.69, 9.17) is 5.73 Å². The Morgan fingerprint density at radius 3 is 2.91 bits per heavy atom. The predicted octanol–water partition coefficient (Wildman–Crippen LogP) is 1.28. The highest BCUT2D eigenvalue weighted by Gasteiger charge is 2.38. The van der Waals surface area contributed by atoms with Crippen LogP contribution in [-0.2, 0) is 0 Å². The topological polar surface area (TPSA) is 46.2 Å². The first-order valence-corrected chi connectivity index (χ1v) is 4.65. The highest BCUT2D eigenvalue weighted by Crippen LogP contribution is 2.39. The minimum Gasteiger partial charge on any atom is -0.390 e. The third-order valence-electron chi connectivity index (χ3n) is 2.99. The van der Waals surface area contributed by atoms with Gasteiger partial charge in [0, 0.05) is 0 Å². The van der Waals surface area contributed by atoms with E-state index < -0.39 is 5.60 Å². The smallest absolute Gasteiger partial charge is 0.0687 e. The minimum absolute atomic E-state index is 0.413. The van der Waals surface area contributed by atoms with Gasteiger partial charge >= 0.3 is 0 Å². The second-order valence-electron chi connectivity index (χ2n) is 3.64. The monoisotopic (exact) mass is 157 g/mol. The van der Waals surface area contributed by atoms with Gasteiger partial charge in [-0.2, -0.15) is 0 Å². The van der Waals surface area contributed by atoms with Crippen LogP contribution in [0, 0.1) is 5.92 Å². The molecule has 3 N–H and O–H groups in total. The van der Waals surface area contributed by atoms with Crippen molar-refractivity contribution in [3.63, 3.8) is 0 Å². The van der Waals surface area contributed by atoms with Crippen molar-refractivity contribution in [1.29, 1.82) is 0 Å². The van der Waals surface area contributed by atoms with Gasteiger partial charge in [-0.05, 0) is 31.7 Å². The summed E-state index contributed by atoms with van der Waals surface area (Å²) in [5, 5.41) is 10.1. The number of rotatable bonds is 3. The summed E-state index contributed by atoms with van der Waals surface area (Å²) in [5.41, 5.74) is 5.04. The molecule has 1 saturated carbocycles. The zero-order chi connectivity index (χ0) is 8.32. The van der Waals surface area contributed by atoms with Crippen LogP contribution < -0.4 is 5.73 Å². The summed E-state index contributed by atoms with van der Waals surface area (Å²) in [6, 6.07) is 0. The number of hydrogen-bond acceptors (Lipinski definition) is 2. The maximum Gasteiger partial charge on any atom is 0.0687 e. The van der Waals surface area contributed by atoms with Gasteiger partial charge in [0.15, 0.2) is 0 Å². The lowest BCUT2D eigenvalue weighted by Gasteiger charge is -2.28. The SMILES string of the molecule is CCC1CCCC1(O)CCN. The molecule has 0 aromatic rings. The molecule has 0 amide bonds. The Kier molecular flexibility index (Phi) is 2.90. The molecule has 1 aliphatic rings. The molecular weight excluding hydrogens is 138 g/mol. The van der Waals surface area contributed by atoms with Gasteiger partial charge in [-0.15, -0.1) is 0 Å². The minimum atomic E-state index is -0.413. The van der Waals surface area contributed by atoms with Gasteiger partial charge in [-0.25, -0.2) is 0 Å². The van der Waals surface area contributed by atoms with Crippen molar-refractivity contribution in [2.45, 2.75) is 44.6 Å². The summed E-state index contributed by atoms with van der Waals surface area (Å²) >= 11 is 0. The number of nitrogens with two attached hydrogens (primary N) is 1. The van der Waals surface area contributed by atoms with Gasteiger partial charge < -0.3 is 10.8 Å². The number of hydrogen-bond donors (Lipinski definition) is 2. The van der Waals surface area contributed by atoms with Crippen LogP contribution in [0.3, 0.4) is 0 Å². The first-order valence-electron chi connectivity index (χ1n) is 4.65. The highest BCUT2D eigenvalue weighted by molar-refractivity contribution is 4.91. The third kappa shape index (κ3) is 1.74. The molecule has 2 heteroatoms. The first-order chi connectivity index (χ1) is 5.23. The molecule has 0 aromatic carbocycles. The van der Waals surface area contributed by atoms with E-state index in [1.807, 2.05) is 0 Å². The average Bonchev–Trinajstić information content (AvgIpc) is 2.31. The summed E-state index contributed by atoms with van der Waals surface area (Å²) < 4.78 is 0. The van der Waals surface area contributed by atoms with E-state index in [1.165, 1.54) is 12.8 Å². The van der Waals surface area contributed by atoms with Crippen LogP contribution in [0.4, 0.5) is 0 Å². The lowest BCUT2D eigenvalue weighted by molar-refractivity contribution is -0.00453. The Labute approximate surface area is 68.8 Å². The van der Waals surface area contributed by atoms with Crippen LogP contribution in [0.25, 0.3) is 0 Å². The van der Waals surface area contributed by atoms with E-state index in [2.05, 4.69) is 6.92 Å². The van der Waals surface area contributed by atoms with Gasteiger partial charge in [0.25, 0.3) is 0 Å². The Morgan fingerprint density at radius 1 is 1.64 bits per heavy atom. The van der Waals surface area contributed by atoms with Crippen LogP contribution >= 0.6 is 0 Å². The van der Waals surface area contributed by atoms with Gasteiger partial charge in [0.05, 0.1) is 5.60 Å². The highest BCUT2D eigenvalue weighted by atomic mass is 16.3. The van der Waals surface area contributed by atoms with E-state index in [1.54, 1.807) is 0 Å². The lowest BCUT2D eigenvalue weighted by Crippen LogP contribution is -2.35. The predicted molar refractivity (Wildman–Crippen MR) is 46.3 cm³/mol.